The first-order valence-electron chi connectivity index (χ1n) is 18.1. The minimum Gasteiger partial charge on any atom is -0.378 e. The SMILES string of the molecule is C=CC(=O)N1CC2(CC(n3nc(N4CCCCC4(C)C)c(-c4c(Cl)c(Cl)cc5[nH]ncc45)c3C)C2)C1.CN1CC2(CCCN2C2COC2)C1. The van der Waals surface area contributed by atoms with Crippen LogP contribution in [0.1, 0.15) is 70.5 Å². The van der Waals surface area contributed by atoms with Crippen molar-refractivity contribution in [2.45, 2.75) is 88.9 Å². The van der Waals surface area contributed by atoms with Crippen LogP contribution in [0.4, 0.5) is 5.82 Å². The maximum Gasteiger partial charge on any atom is 0.245 e. The molecule has 5 saturated heterocycles. The molecule has 0 atom stereocenters. The fourth-order valence-corrected chi connectivity index (χ4v) is 10.4. The second kappa shape index (κ2) is 12.3. The summed E-state index contributed by atoms with van der Waals surface area (Å²) in [5, 5.41) is 14.6. The third kappa shape index (κ3) is 5.52. The van der Waals surface area contributed by atoms with E-state index in [-0.39, 0.29) is 16.9 Å². The zero-order valence-electron chi connectivity index (χ0n) is 29.4. The van der Waals surface area contributed by atoms with Gasteiger partial charge in [0, 0.05) is 71.4 Å². The molecule has 1 amide bonds. The molecule has 1 saturated carbocycles. The van der Waals surface area contributed by atoms with Crippen LogP contribution in [-0.2, 0) is 9.53 Å². The number of hydrogen-bond acceptors (Lipinski definition) is 7. The smallest absolute Gasteiger partial charge is 0.245 e. The van der Waals surface area contributed by atoms with Gasteiger partial charge in [0.2, 0.25) is 5.91 Å². The summed E-state index contributed by atoms with van der Waals surface area (Å²) in [6.07, 6.45) is 11.5. The third-order valence-corrected chi connectivity index (χ3v) is 13.3. The number of carbonyl (C=O) groups is 1. The van der Waals surface area contributed by atoms with E-state index in [1.165, 1.54) is 45.0 Å². The molecule has 1 N–H and O–H groups in total. The number of likely N-dealkylation sites (tertiary alicyclic amines) is 3. The summed E-state index contributed by atoms with van der Waals surface area (Å²) < 4.78 is 7.49. The molecule has 10 nitrogen and oxygen atoms in total. The number of piperidine rings is 1. The molecule has 1 aromatic carbocycles. The van der Waals surface area contributed by atoms with Gasteiger partial charge in [0.1, 0.15) is 0 Å². The number of ether oxygens (including phenoxy) is 1. The summed E-state index contributed by atoms with van der Waals surface area (Å²) in [4.78, 5) is 21.5. The molecule has 7 heterocycles. The molecule has 3 aromatic rings. The summed E-state index contributed by atoms with van der Waals surface area (Å²) in [6, 6.07) is 2.88. The summed E-state index contributed by atoms with van der Waals surface area (Å²) in [6.45, 7) is 18.8. The highest BCUT2D eigenvalue weighted by molar-refractivity contribution is 6.45. The zero-order valence-corrected chi connectivity index (χ0v) is 30.9. The zero-order chi connectivity index (χ0) is 34.3. The van der Waals surface area contributed by atoms with Gasteiger partial charge in [-0.2, -0.15) is 10.2 Å². The molecule has 0 radical (unpaired) electrons. The number of halogens is 2. The number of hydrogen-bond donors (Lipinski definition) is 1. The Balaban J connectivity index is 0.000000222. The number of anilines is 1. The maximum atomic E-state index is 12.0. The topological polar surface area (TPSA) is 85.8 Å². The summed E-state index contributed by atoms with van der Waals surface area (Å²) in [7, 11) is 2.22. The molecule has 12 heteroatoms. The van der Waals surface area contributed by atoms with Crippen LogP contribution in [0.3, 0.4) is 0 Å². The molecule has 264 valence electrons. The number of rotatable bonds is 5. The van der Waals surface area contributed by atoms with Crippen LogP contribution in [0.5, 0.6) is 0 Å². The first kappa shape index (κ1) is 33.5. The highest BCUT2D eigenvalue weighted by Gasteiger charge is 2.55. The van der Waals surface area contributed by atoms with Crippen LogP contribution < -0.4 is 4.90 Å². The number of benzene rings is 1. The Labute approximate surface area is 299 Å². The van der Waals surface area contributed by atoms with E-state index in [0.717, 1.165) is 98.1 Å². The van der Waals surface area contributed by atoms with E-state index in [2.05, 4.69) is 64.0 Å². The number of H-pyrrole nitrogens is 1. The second-order valence-corrected chi connectivity index (χ2v) is 17.2. The van der Waals surface area contributed by atoms with Gasteiger partial charge >= 0.3 is 0 Å². The van der Waals surface area contributed by atoms with Crippen molar-refractivity contribution < 1.29 is 9.53 Å². The molecular weight excluding hydrogens is 659 g/mol. The normalized spacial score (nSPS) is 24.7. The maximum absolute atomic E-state index is 12.0. The molecule has 1 aliphatic carbocycles. The van der Waals surface area contributed by atoms with Crippen LogP contribution in [-0.4, -0.2) is 117 Å². The van der Waals surface area contributed by atoms with E-state index in [0.29, 0.717) is 21.6 Å². The van der Waals surface area contributed by atoms with Crippen molar-refractivity contribution >= 4 is 45.8 Å². The number of aromatic nitrogens is 4. The fraction of sp³-hybridized carbons (Fsp3) is 0.649. The van der Waals surface area contributed by atoms with Crippen LogP contribution in [0, 0.1) is 12.3 Å². The highest BCUT2D eigenvalue weighted by atomic mass is 35.5. The number of nitrogens with one attached hydrogen (secondary N) is 1. The molecule has 6 aliphatic rings. The Kier molecular flexibility index (Phi) is 8.38. The molecule has 6 fully saturated rings. The molecule has 49 heavy (non-hydrogen) atoms. The minimum absolute atomic E-state index is 0.0143. The van der Waals surface area contributed by atoms with E-state index >= 15 is 0 Å². The molecule has 2 spiro atoms. The van der Waals surface area contributed by atoms with Crippen molar-refractivity contribution in [3.63, 3.8) is 0 Å². The highest BCUT2D eigenvalue weighted by Crippen LogP contribution is 2.56. The number of amides is 1. The van der Waals surface area contributed by atoms with Crippen LogP contribution in [0.25, 0.3) is 22.0 Å². The number of nitrogens with zero attached hydrogens (tertiary/aromatic N) is 7. The van der Waals surface area contributed by atoms with Crippen molar-refractivity contribution in [3.8, 4) is 11.1 Å². The molecule has 5 aliphatic heterocycles. The lowest BCUT2D eigenvalue weighted by atomic mass is 9.60. The predicted molar refractivity (Wildman–Crippen MR) is 196 cm³/mol. The van der Waals surface area contributed by atoms with Crippen molar-refractivity contribution in [2.75, 3.05) is 64.4 Å². The van der Waals surface area contributed by atoms with Crippen LogP contribution in [0.2, 0.25) is 10.0 Å². The Hall–Kier alpha value is -2.63. The quantitative estimate of drug-likeness (QED) is 0.311. The fourth-order valence-electron chi connectivity index (χ4n) is 9.93. The Morgan fingerprint density at radius 1 is 1.04 bits per heavy atom. The molecule has 0 bridgehead atoms. The van der Waals surface area contributed by atoms with Crippen LogP contribution in [0.15, 0.2) is 24.9 Å². The lowest BCUT2D eigenvalue weighted by molar-refractivity contribution is -0.149. The third-order valence-electron chi connectivity index (χ3n) is 12.5. The standard InChI is InChI=1S/C27H32Cl2N6O.C10H18N2O/c1-5-21(36)33-14-27(15-33)11-17(12-27)35-16(2)22(25(32-35)34-9-7-6-8-26(34,3)4)23-18-13-30-31-20(18)10-19(28)24(23)29;1-11-7-10(8-11)3-2-4-12(10)9-5-13-6-9/h5,10,13,17H,1,6-9,11-12,14-15H2,2-4H3,(H,30,31);9H,2-8H2,1H3. The minimum atomic E-state index is -0.0143. The largest absolute Gasteiger partial charge is 0.378 e. The number of aromatic amines is 1. The van der Waals surface area contributed by atoms with Crippen molar-refractivity contribution in [1.82, 2.24) is 34.7 Å². The van der Waals surface area contributed by atoms with E-state index in [1.807, 2.05) is 17.2 Å². The van der Waals surface area contributed by atoms with E-state index in [4.69, 9.17) is 33.0 Å². The Morgan fingerprint density at radius 3 is 2.45 bits per heavy atom. The monoisotopic (exact) mass is 708 g/mol. The lowest BCUT2D eigenvalue weighted by Gasteiger charge is -2.58. The summed E-state index contributed by atoms with van der Waals surface area (Å²) in [5.74, 6) is 0.998. The molecule has 0 unspecified atom stereocenters. The Morgan fingerprint density at radius 2 is 1.80 bits per heavy atom. The average Bonchev–Trinajstić information content (AvgIpc) is 3.70. The molecular formula is C37H50Cl2N8O2. The van der Waals surface area contributed by atoms with Gasteiger partial charge in [-0.15, -0.1) is 0 Å². The predicted octanol–water partition coefficient (Wildman–Crippen LogP) is 6.33. The number of likely N-dealkylation sites (N-methyl/N-ethyl adjacent to an activating group) is 1. The van der Waals surface area contributed by atoms with Gasteiger partial charge < -0.3 is 19.4 Å². The first-order valence-corrected chi connectivity index (χ1v) is 18.8. The second-order valence-electron chi connectivity index (χ2n) is 16.4. The molecule has 2 aromatic heterocycles. The van der Waals surface area contributed by atoms with Gasteiger partial charge in [0.05, 0.1) is 47.1 Å². The summed E-state index contributed by atoms with van der Waals surface area (Å²) >= 11 is 13.5. The van der Waals surface area contributed by atoms with Gasteiger partial charge in [-0.1, -0.05) is 29.8 Å². The van der Waals surface area contributed by atoms with E-state index < -0.39 is 0 Å². The van der Waals surface area contributed by atoms with Crippen LogP contribution >= 0.6 is 23.2 Å². The van der Waals surface area contributed by atoms with Crippen molar-refractivity contribution in [3.05, 3.63) is 40.7 Å². The van der Waals surface area contributed by atoms with Gasteiger partial charge in [-0.05, 0) is 91.5 Å². The van der Waals surface area contributed by atoms with Gasteiger partial charge in [0.25, 0.3) is 0 Å². The molecule has 9 rings (SSSR count). The number of fused-ring (bicyclic) bond motifs is 1. The van der Waals surface area contributed by atoms with Gasteiger partial charge in [-0.3, -0.25) is 19.5 Å². The van der Waals surface area contributed by atoms with Gasteiger partial charge in [-0.25, -0.2) is 0 Å². The average molecular weight is 710 g/mol. The van der Waals surface area contributed by atoms with E-state index in [1.54, 1.807) is 0 Å². The number of carbonyl (C=O) groups excluding carboxylic acids is 1. The Bertz CT molecular complexity index is 1760. The lowest BCUT2D eigenvalue weighted by Crippen LogP contribution is -2.70. The summed E-state index contributed by atoms with van der Waals surface area (Å²) in [5.41, 5.74) is 4.65. The van der Waals surface area contributed by atoms with Crippen molar-refractivity contribution in [1.29, 1.82) is 0 Å². The first-order chi connectivity index (χ1) is 23.4. The van der Waals surface area contributed by atoms with Gasteiger partial charge in [0.15, 0.2) is 5.82 Å². The van der Waals surface area contributed by atoms with Crippen molar-refractivity contribution in [2.24, 2.45) is 5.41 Å². The van der Waals surface area contributed by atoms with E-state index in [9.17, 15) is 4.79 Å².